The Bertz CT molecular complexity index is 387. The maximum absolute atomic E-state index is 2.48. The van der Waals surface area contributed by atoms with Crippen molar-refractivity contribution >= 4 is 0 Å². The Morgan fingerprint density at radius 3 is 2.33 bits per heavy atom. The van der Waals surface area contributed by atoms with Crippen LogP contribution in [0.15, 0.2) is 30.3 Å². The molecule has 0 N–H and O–H groups in total. The first-order chi connectivity index (χ1) is 8.48. The van der Waals surface area contributed by atoms with Gasteiger partial charge >= 0.3 is 0 Å². The summed E-state index contributed by atoms with van der Waals surface area (Å²) in [5.74, 6) is 0.635. The summed E-state index contributed by atoms with van der Waals surface area (Å²) in [7, 11) is 6.69. The smallest absolute Gasteiger partial charge is 0.0507 e. The van der Waals surface area contributed by atoms with Crippen LogP contribution in [0.25, 0.3) is 0 Å². The summed E-state index contributed by atoms with van der Waals surface area (Å²) in [6.45, 7) is 5.89. The predicted molar refractivity (Wildman–Crippen MR) is 77.7 cm³/mol. The van der Waals surface area contributed by atoms with Gasteiger partial charge in [-0.3, -0.25) is 4.90 Å². The van der Waals surface area contributed by atoms with Crippen LogP contribution in [0, 0.1) is 5.92 Å². The fourth-order valence-corrected chi connectivity index (χ4v) is 3.58. The van der Waals surface area contributed by atoms with Gasteiger partial charge < -0.3 is 4.90 Å². The van der Waals surface area contributed by atoms with Crippen LogP contribution in [0.2, 0.25) is 0 Å². The number of benzene rings is 1. The fraction of sp³-hybridized carbons (Fsp3) is 0.625. The third-order valence-electron chi connectivity index (χ3n) is 4.81. The Labute approximate surface area is 112 Å². The maximum atomic E-state index is 2.48. The van der Waals surface area contributed by atoms with Crippen molar-refractivity contribution < 1.29 is 0 Å². The Kier molecular flexibility index (Phi) is 3.79. The number of hydrogen-bond acceptors (Lipinski definition) is 2. The van der Waals surface area contributed by atoms with Gasteiger partial charge in [-0.1, -0.05) is 37.3 Å². The average molecular weight is 246 g/mol. The van der Waals surface area contributed by atoms with Gasteiger partial charge in [0.25, 0.3) is 0 Å². The summed E-state index contributed by atoms with van der Waals surface area (Å²) in [6.07, 6.45) is 1.20. The van der Waals surface area contributed by atoms with Crippen molar-refractivity contribution in [3.63, 3.8) is 0 Å². The minimum Gasteiger partial charge on any atom is -0.303 e. The van der Waals surface area contributed by atoms with Crippen LogP contribution in [0.1, 0.15) is 25.8 Å². The molecule has 1 heterocycles. The molecular formula is C16H26N2. The van der Waals surface area contributed by atoms with Crippen LogP contribution in [-0.2, 0) is 5.54 Å². The lowest BCUT2D eigenvalue weighted by Gasteiger charge is -2.53. The molecule has 2 rings (SSSR count). The van der Waals surface area contributed by atoms with E-state index < -0.39 is 0 Å². The zero-order valence-corrected chi connectivity index (χ0v) is 12.4. The normalized spacial score (nSPS) is 33.9. The number of nitrogens with zero attached hydrogens (tertiary/aromatic N) is 2. The van der Waals surface area contributed by atoms with Gasteiger partial charge in [-0.2, -0.15) is 0 Å². The molecule has 2 nitrogen and oxygen atoms in total. The molecule has 0 aliphatic carbocycles. The molecule has 0 radical (unpaired) electrons. The number of rotatable bonds is 2. The van der Waals surface area contributed by atoms with Gasteiger partial charge in [0.2, 0.25) is 0 Å². The lowest BCUT2D eigenvalue weighted by Crippen LogP contribution is -2.57. The zero-order valence-electron chi connectivity index (χ0n) is 12.4. The minimum atomic E-state index is 0.174. The topological polar surface area (TPSA) is 6.48 Å². The second kappa shape index (κ2) is 5.02. The summed E-state index contributed by atoms with van der Waals surface area (Å²) in [4.78, 5) is 4.91. The standard InChI is InChI=1S/C16H26N2/c1-13-12-18(5)14(2)11-16(13,17(3)4)15-9-7-6-8-10-15/h6-10,13-14H,11-12H2,1-5H3/t13-,14-,16+/m1/s1. The number of piperidine rings is 1. The van der Waals surface area contributed by atoms with E-state index in [9.17, 15) is 0 Å². The van der Waals surface area contributed by atoms with Gasteiger partial charge in [-0.25, -0.2) is 0 Å². The molecule has 1 aromatic rings. The Morgan fingerprint density at radius 2 is 1.78 bits per heavy atom. The second-order valence-corrected chi connectivity index (χ2v) is 6.08. The van der Waals surface area contributed by atoms with E-state index in [1.54, 1.807) is 0 Å². The molecular weight excluding hydrogens is 220 g/mol. The highest BCUT2D eigenvalue weighted by Gasteiger charge is 2.45. The molecule has 18 heavy (non-hydrogen) atoms. The van der Waals surface area contributed by atoms with Crippen molar-refractivity contribution in [3.8, 4) is 0 Å². The summed E-state index contributed by atoms with van der Waals surface area (Å²) in [5.41, 5.74) is 1.63. The second-order valence-electron chi connectivity index (χ2n) is 6.08. The van der Waals surface area contributed by atoms with E-state index in [2.05, 4.69) is 75.1 Å². The van der Waals surface area contributed by atoms with Crippen molar-refractivity contribution in [2.24, 2.45) is 5.92 Å². The molecule has 1 saturated heterocycles. The van der Waals surface area contributed by atoms with Crippen molar-refractivity contribution in [3.05, 3.63) is 35.9 Å². The van der Waals surface area contributed by atoms with Crippen LogP contribution < -0.4 is 0 Å². The lowest BCUT2D eigenvalue weighted by molar-refractivity contribution is -0.0151. The molecule has 0 saturated carbocycles. The molecule has 0 bridgehead atoms. The molecule has 0 amide bonds. The summed E-state index contributed by atoms with van der Waals surface area (Å²) in [6, 6.07) is 11.6. The average Bonchev–Trinajstić information content (AvgIpc) is 2.34. The number of likely N-dealkylation sites (tertiary alicyclic amines) is 1. The quantitative estimate of drug-likeness (QED) is 0.792. The van der Waals surface area contributed by atoms with Crippen molar-refractivity contribution in [2.75, 3.05) is 27.7 Å². The van der Waals surface area contributed by atoms with E-state index in [-0.39, 0.29) is 5.54 Å². The van der Waals surface area contributed by atoms with E-state index >= 15 is 0 Å². The molecule has 1 aliphatic heterocycles. The molecule has 0 unspecified atom stereocenters. The van der Waals surface area contributed by atoms with Gasteiger partial charge in [0, 0.05) is 12.6 Å². The van der Waals surface area contributed by atoms with Crippen LogP contribution >= 0.6 is 0 Å². The monoisotopic (exact) mass is 246 g/mol. The zero-order chi connectivity index (χ0) is 13.3. The van der Waals surface area contributed by atoms with Gasteiger partial charge in [0.05, 0.1) is 5.54 Å². The largest absolute Gasteiger partial charge is 0.303 e. The molecule has 0 spiro atoms. The third kappa shape index (κ3) is 2.08. The molecule has 2 heteroatoms. The van der Waals surface area contributed by atoms with Gasteiger partial charge in [-0.15, -0.1) is 0 Å². The summed E-state index contributed by atoms with van der Waals surface area (Å²) >= 11 is 0. The van der Waals surface area contributed by atoms with E-state index in [4.69, 9.17) is 0 Å². The van der Waals surface area contributed by atoms with Gasteiger partial charge in [-0.05, 0) is 46.0 Å². The third-order valence-corrected chi connectivity index (χ3v) is 4.81. The minimum absolute atomic E-state index is 0.174. The highest BCUT2D eigenvalue weighted by atomic mass is 15.2. The molecule has 1 fully saturated rings. The highest BCUT2D eigenvalue weighted by Crippen LogP contribution is 2.43. The predicted octanol–water partition coefficient (Wildman–Crippen LogP) is 2.80. The molecule has 1 aliphatic rings. The number of hydrogen-bond donors (Lipinski definition) is 0. The Balaban J connectivity index is 2.44. The Morgan fingerprint density at radius 1 is 1.17 bits per heavy atom. The van der Waals surface area contributed by atoms with Crippen LogP contribution in [-0.4, -0.2) is 43.5 Å². The fourth-order valence-electron chi connectivity index (χ4n) is 3.58. The summed E-state index contributed by atoms with van der Waals surface area (Å²) < 4.78 is 0. The van der Waals surface area contributed by atoms with Crippen molar-refractivity contribution in [1.29, 1.82) is 0 Å². The van der Waals surface area contributed by atoms with Crippen LogP contribution in [0.5, 0.6) is 0 Å². The van der Waals surface area contributed by atoms with Crippen LogP contribution in [0.3, 0.4) is 0 Å². The molecule has 3 atom stereocenters. The lowest BCUT2D eigenvalue weighted by atomic mass is 9.71. The first-order valence-corrected chi connectivity index (χ1v) is 6.91. The van der Waals surface area contributed by atoms with E-state index in [1.807, 2.05) is 0 Å². The first kappa shape index (κ1) is 13.6. The first-order valence-electron chi connectivity index (χ1n) is 6.91. The van der Waals surface area contributed by atoms with Crippen molar-refractivity contribution in [1.82, 2.24) is 9.80 Å². The van der Waals surface area contributed by atoms with E-state index in [0.29, 0.717) is 12.0 Å². The molecule has 0 aromatic heterocycles. The van der Waals surface area contributed by atoms with Gasteiger partial charge in [0.1, 0.15) is 0 Å². The SMILES string of the molecule is C[C@@H]1C[C@](c2ccccc2)(N(C)C)[C@H](C)CN1C. The maximum Gasteiger partial charge on any atom is 0.0507 e. The molecule has 1 aromatic carbocycles. The van der Waals surface area contributed by atoms with Gasteiger partial charge in [0.15, 0.2) is 0 Å². The van der Waals surface area contributed by atoms with Crippen molar-refractivity contribution in [2.45, 2.75) is 31.8 Å². The molecule has 100 valence electrons. The van der Waals surface area contributed by atoms with Crippen LogP contribution in [0.4, 0.5) is 0 Å². The van der Waals surface area contributed by atoms with E-state index in [1.165, 1.54) is 12.0 Å². The summed E-state index contributed by atoms with van der Waals surface area (Å²) in [5, 5.41) is 0. The highest BCUT2D eigenvalue weighted by molar-refractivity contribution is 5.27. The van der Waals surface area contributed by atoms with E-state index in [0.717, 1.165) is 6.54 Å². The Hall–Kier alpha value is -0.860.